The number of aromatic nitrogens is 2. The molecule has 9 heteroatoms. The lowest BCUT2D eigenvalue weighted by atomic mass is 9.86. The fourth-order valence-corrected chi connectivity index (χ4v) is 5.30. The van der Waals surface area contributed by atoms with Gasteiger partial charge in [-0.05, 0) is 48.6 Å². The smallest absolute Gasteiger partial charge is 0.187 e. The summed E-state index contributed by atoms with van der Waals surface area (Å²) in [5, 5.41) is 26.0. The third-order valence-electron chi connectivity index (χ3n) is 5.27. The van der Waals surface area contributed by atoms with Crippen LogP contribution in [-0.4, -0.2) is 9.97 Å². The number of benzene rings is 1. The number of thiazole rings is 1. The average molecular weight is 481 g/mol. The molecule has 0 saturated heterocycles. The van der Waals surface area contributed by atoms with Crippen LogP contribution in [0.1, 0.15) is 67.8 Å². The van der Waals surface area contributed by atoms with Crippen LogP contribution in [0.4, 0.5) is 21.0 Å². The Morgan fingerprint density at radius 2 is 1.88 bits per heavy atom. The van der Waals surface area contributed by atoms with Gasteiger partial charge in [0.05, 0.1) is 16.8 Å². The van der Waals surface area contributed by atoms with E-state index in [1.807, 2.05) is 5.38 Å². The van der Waals surface area contributed by atoms with Crippen molar-refractivity contribution in [2.24, 2.45) is 0 Å². The molecule has 3 N–H and O–H groups in total. The van der Waals surface area contributed by atoms with E-state index in [9.17, 15) is 14.9 Å². The maximum atomic E-state index is 13.1. The zero-order valence-electron chi connectivity index (χ0n) is 18.6. The van der Waals surface area contributed by atoms with Gasteiger partial charge in [-0.25, -0.2) is 14.4 Å². The van der Waals surface area contributed by atoms with E-state index in [-0.39, 0.29) is 17.6 Å². The lowest BCUT2D eigenvalue weighted by molar-refractivity contribution is 0.566. The lowest BCUT2D eigenvalue weighted by Crippen LogP contribution is -2.10. The maximum Gasteiger partial charge on any atom is 0.187 e. The van der Waals surface area contributed by atoms with Gasteiger partial charge in [0.25, 0.3) is 0 Å². The monoisotopic (exact) mass is 480 g/mol. The number of nitrogens with zero attached hydrogens (tertiary/aromatic N) is 4. The minimum absolute atomic E-state index is 0.0877. The second-order valence-corrected chi connectivity index (χ2v) is 9.32. The van der Waals surface area contributed by atoms with Crippen molar-refractivity contribution in [2.75, 3.05) is 11.1 Å². The first-order valence-electron chi connectivity index (χ1n) is 10.7. The number of hydrogen-bond acceptors (Lipinski definition) is 8. The van der Waals surface area contributed by atoms with E-state index in [1.54, 1.807) is 12.1 Å². The van der Waals surface area contributed by atoms with Crippen LogP contribution in [-0.2, 0) is 5.75 Å². The summed E-state index contributed by atoms with van der Waals surface area (Å²) < 4.78 is 13.1. The molecule has 0 aliphatic rings. The number of nitrogens with two attached hydrogens (primary N) is 1. The van der Waals surface area contributed by atoms with Gasteiger partial charge in [-0.1, -0.05) is 38.5 Å². The van der Waals surface area contributed by atoms with Gasteiger partial charge < -0.3 is 11.1 Å². The zero-order chi connectivity index (χ0) is 23.8. The van der Waals surface area contributed by atoms with Crippen LogP contribution in [0.25, 0.3) is 0 Å². The van der Waals surface area contributed by atoms with Gasteiger partial charge in [-0.2, -0.15) is 10.5 Å². The predicted octanol–water partition coefficient (Wildman–Crippen LogP) is 6.72. The summed E-state index contributed by atoms with van der Waals surface area (Å²) >= 11 is 2.83. The highest BCUT2D eigenvalue weighted by molar-refractivity contribution is 7.98. The Balaban J connectivity index is 1.82. The highest BCUT2D eigenvalue weighted by atomic mass is 32.2. The van der Waals surface area contributed by atoms with E-state index < -0.39 is 0 Å². The van der Waals surface area contributed by atoms with Crippen LogP contribution >= 0.6 is 23.1 Å². The molecule has 0 aliphatic heterocycles. The Bertz CT molecular complexity index is 1180. The van der Waals surface area contributed by atoms with Crippen molar-refractivity contribution in [1.29, 1.82) is 10.5 Å². The van der Waals surface area contributed by atoms with Crippen molar-refractivity contribution in [3.63, 3.8) is 0 Å². The minimum atomic E-state index is -0.293. The Morgan fingerprint density at radius 1 is 1.15 bits per heavy atom. The number of unbranched alkanes of at least 4 members (excludes halogenated alkanes) is 1. The van der Waals surface area contributed by atoms with Gasteiger partial charge in [0.1, 0.15) is 28.8 Å². The standard InChI is InChI=1S/C24H25FN6S2/c1-3-5-6-15(4-2)21-19(11-26)22(28)31-23(20(21)12-27)32-13-18-14-33-24(30-18)29-17-9-7-16(25)8-10-17/h7-10,14-15H,3-6,13H2,1-2H3,(H2,28,31)(H,29,30). The molecule has 0 amide bonds. The number of halogens is 1. The van der Waals surface area contributed by atoms with Crippen LogP contribution in [0.3, 0.4) is 0 Å². The molecule has 0 bridgehead atoms. The summed E-state index contributed by atoms with van der Waals surface area (Å²) in [5.41, 5.74) is 9.19. The second kappa shape index (κ2) is 11.6. The summed E-state index contributed by atoms with van der Waals surface area (Å²) in [6.07, 6.45) is 3.78. The van der Waals surface area contributed by atoms with Crippen LogP contribution in [0.2, 0.25) is 0 Å². The molecule has 0 spiro atoms. The largest absolute Gasteiger partial charge is 0.383 e. The number of pyridine rings is 1. The highest BCUT2D eigenvalue weighted by Gasteiger charge is 2.24. The highest BCUT2D eigenvalue weighted by Crippen LogP contribution is 2.38. The summed E-state index contributed by atoms with van der Waals surface area (Å²) in [5.74, 6) is 0.462. The number of hydrogen-bond donors (Lipinski definition) is 2. The Kier molecular flexibility index (Phi) is 8.65. The van der Waals surface area contributed by atoms with Crippen LogP contribution in [0.5, 0.6) is 0 Å². The fourth-order valence-electron chi connectivity index (χ4n) is 3.57. The van der Waals surface area contributed by atoms with E-state index in [4.69, 9.17) is 5.73 Å². The SMILES string of the molecule is CCCCC(CC)c1c(C#N)c(N)nc(SCc2csc(Nc3ccc(F)cc3)n2)c1C#N. The first-order chi connectivity index (χ1) is 16.0. The van der Waals surface area contributed by atoms with Crippen molar-refractivity contribution in [3.8, 4) is 12.1 Å². The Labute approximate surface area is 201 Å². The molecule has 1 atom stereocenters. The third kappa shape index (κ3) is 6.01. The van der Waals surface area contributed by atoms with E-state index in [1.165, 1.54) is 35.2 Å². The molecule has 3 aromatic rings. The molecule has 0 saturated carbocycles. The van der Waals surface area contributed by atoms with Gasteiger partial charge in [0, 0.05) is 16.8 Å². The lowest BCUT2D eigenvalue weighted by Gasteiger charge is -2.20. The molecular weight excluding hydrogens is 455 g/mol. The predicted molar refractivity (Wildman–Crippen MR) is 132 cm³/mol. The number of nitrogen functional groups attached to an aromatic ring is 1. The van der Waals surface area contributed by atoms with Gasteiger partial charge >= 0.3 is 0 Å². The molecule has 2 heterocycles. The van der Waals surface area contributed by atoms with Crippen LogP contribution in [0.15, 0.2) is 34.7 Å². The minimum Gasteiger partial charge on any atom is -0.383 e. The Hall–Kier alpha value is -3.14. The van der Waals surface area contributed by atoms with Crippen molar-refractivity contribution >= 4 is 39.7 Å². The molecule has 170 valence electrons. The van der Waals surface area contributed by atoms with Gasteiger partial charge in [0.15, 0.2) is 5.13 Å². The van der Waals surface area contributed by atoms with Crippen LogP contribution in [0, 0.1) is 28.5 Å². The molecule has 2 aromatic heterocycles. The van der Waals surface area contributed by atoms with E-state index in [0.29, 0.717) is 27.0 Å². The summed E-state index contributed by atoms with van der Waals surface area (Å²) in [6.45, 7) is 4.19. The number of nitriles is 2. The van der Waals surface area contributed by atoms with Crippen LogP contribution < -0.4 is 11.1 Å². The number of rotatable bonds is 10. The third-order valence-corrected chi connectivity index (χ3v) is 7.08. The molecular formula is C24H25FN6S2. The van der Waals surface area contributed by atoms with Gasteiger partial charge in [-0.15, -0.1) is 11.3 Å². The molecule has 0 radical (unpaired) electrons. The Morgan fingerprint density at radius 3 is 2.52 bits per heavy atom. The zero-order valence-corrected chi connectivity index (χ0v) is 20.2. The summed E-state index contributed by atoms with van der Waals surface area (Å²) in [6, 6.07) is 10.5. The first kappa shape index (κ1) is 24.5. The topological polar surface area (TPSA) is 111 Å². The van der Waals surface area contributed by atoms with Crippen molar-refractivity contribution in [3.05, 3.63) is 57.8 Å². The van der Waals surface area contributed by atoms with E-state index in [2.05, 4.69) is 41.3 Å². The normalized spacial score (nSPS) is 11.5. The molecule has 1 aromatic carbocycles. The summed E-state index contributed by atoms with van der Waals surface area (Å²) in [4.78, 5) is 8.96. The molecule has 0 aliphatic carbocycles. The first-order valence-corrected chi connectivity index (χ1v) is 12.6. The molecule has 6 nitrogen and oxygen atoms in total. The maximum absolute atomic E-state index is 13.1. The average Bonchev–Trinajstić information content (AvgIpc) is 3.27. The molecule has 33 heavy (non-hydrogen) atoms. The van der Waals surface area contributed by atoms with E-state index in [0.717, 1.165) is 42.6 Å². The number of anilines is 3. The van der Waals surface area contributed by atoms with Gasteiger partial charge in [0.2, 0.25) is 0 Å². The number of thioether (sulfide) groups is 1. The quantitative estimate of drug-likeness (QED) is 0.310. The fraction of sp³-hybridized carbons (Fsp3) is 0.333. The van der Waals surface area contributed by atoms with Crippen molar-refractivity contribution in [2.45, 2.75) is 56.2 Å². The van der Waals surface area contributed by atoms with Crippen molar-refractivity contribution < 1.29 is 4.39 Å². The molecule has 0 fully saturated rings. The molecule has 3 rings (SSSR count). The second-order valence-electron chi connectivity index (χ2n) is 7.50. The number of nitrogens with one attached hydrogen (secondary N) is 1. The molecule has 1 unspecified atom stereocenters. The summed E-state index contributed by atoms with van der Waals surface area (Å²) in [7, 11) is 0. The van der Waals surface area contributed by atoms with Gasteiger partial charge in [-0.3, -0.25) is 0 Å². The van der Waals surface area contributed by atoms with E-state index >= 15 is 0 Å². The van der Waals surface area contributed by atoms with Crippen molar-refractivity contribution in [1.82, 2.24) is 9.97 Å².